The van der Waals surface area contributed by atoms with E-state index in [1.165, 1.54) is 0 Å². The summed E-state index contributed by atoms with van der Waals surface area (Å²) in [6, 6.07) is 7.69. The SMILES string of the molecule is Cc1n[nH]c(C)c1CCC(=O)N[C@@H](C)c1nc2ccccc2[nH]1. The third-order valence-corrected chi connectivity index (χ3v) is 4.08. The summed E-state index contributed by atoms with van der Waals surface area (Å²) in [5, 5.41) is 10.1. The number of carbonyl (C=O) groups excluding carboxylic acids is 1. The van der Waals surface area contributed by atoms with E-state index < -0.39 is 0 Å². The molecule has 0 saturated carbocycles. The van der Waals surface area contributed by atoms with Gasteiger partial charge in [0.2, 0.25) is 5.91 Å². The Kier molecular flexibility index (Phi) is 4.14. The first kappa shape index (κ1) is 15.3. The molecule has 6 nitrogen and oxygen atoms in total. The van der Waals surface area contributed by atoms with E-state index in [4.69, 9.17) is 0 Å². The minimum absolute atomic E-state index is 0.0120. The van der Waals surface area contributed by atoms with Gasteiger partial charge < -0.3 is 10.3 Å². The predicted molar refractivity (Wildman–Crippen MR) is 89.0 cm³/mol. The predicted octanol–water partition coefficient (Wildman–Crippen LogP) is 2.71. The summed E-state index contributed by atoms with van der Waals surface area (Å²) in [7, 11) is 0. The molecule has 1 amide bonds. The van der Waals surface area contributed by atoms with Crippen molar-refractivity contribution in [1.82, 2.24) is 25.5 Å². The lowest BCUT2D eigenvalue weighted by Crippen LogP contribution is -2.27. The van der Waals surface area contributed by atoms with Gasteiger partial charge in [0.05, 0.1) is 22.8 Å². The summed E-state index contributed by atoms with van der Waals surface area (Å²) in [4.78, 5) is 19.9. The highest BCUT2D eigenvalue weighted by atomic mass is 16.1. The summed E-state index contributed by atoms with van der Waals surface area (Å²) < 4.78 is 0. The maximum absolute atomic E-state index is 12.2. The number of aromatic nitrogens is 4. The molecule has 0 bridgehead atoms. The highest BCUT2D eigenvalue weighted by molar-refractivity contribution is 5.77. The van der Waals surface area contributed by atoms with E-state index in [-0.39, 0.29) is 11.9 Å². The van der Waals surface area contributed by atoms with Crippen molar-refractivity contribution >= 4 is 16.9 Å². The number of aromatic amines is 2. The van der Waals surface area contributed by atoms with Crippen LogP contribution in [0.3, 0.4) is 0 Å². The fourth-order valence-corrected chi connectivity index (χ4v) is 2.74. The Balaban J connectivity index is 1.61. The number of benzene rings is 1. The van der Waals surface area contributed by atoms with Crippen LogP contribution in [0.15, 0.2) is 24.3 Å². The first-order valence-electron chi connectivity index (χ1n) is 7.79. The van der Waals surface area contributed by atoms with Crippen LogP contribution >= 0.6 is 0 Å². The van der Waals surface area contributed by atoms with Crippen molar-refractivity contribution in [2.24, 2.45) is 0 Å². The van der Waals surface area contributed by atoms with Crippen LogP contribution in [0, 0.1) is 13.8 Å². The van der Waals surface area contributed by atoms with Crippen LogP contribution in [0.4, 0.5) is 0 Å². The molecule has 120 valence electrons. The molecule has 3 rings (SSSR count). The van der Waals surface area contributed by atoms with E-state index in [1.54, 1.807) is 0 Å². The average molecular weight is 311 g/mol. The van der Waals surface area contributed by atoms with Crippen LogP contribution < -0.4 is 5.32 Å². The Hall–Kier alpha value is -2.63. The molecule has 1 aromatic carbocycles. The number of imidazole rings is 1. The van der Waals surface area contributed by atoms with Crippen molar-refractivity contribution in [3.8, 4) is 0 Å². The van der Waals surface area contributed by atoms with Gasteiger partial charge in [0, 0.05) is 12.1 Å². The smallest absolute Gasteiger partial charge is 0.220 e. The van der Waals surface area contributed by atoms with Crippen LogP contribution in [0.5, 0.6) is 0 Å². The summed E-state index contributed by atoms with van der Waals surface area (Å²) in [6.07, 6.45) is 1.12. The zero-order valence-electron chi connectivity index (χ0n) is 13.6. The number of aryl methyl sites for hydroxylation is 2. The van der Waals surface area contributed by atoms with Crippen molar-refractivity contribution in [3.05, 3.63) is 47.0 Å². The number of H-pyrrole nitrogens is 2. The van der Waals surface area contributed by atoms with Gasteiger partial charge in [-0.3, -0.25) is 9.89 Å². The Labute approximate surface area is 134 Å². The van der Waals surface area contributed by atoms with E-state index in [0.717, 1.165) is 33.8 Å². The maximum atomic E-state index is 12.2. The van der Waals surface area contributed by atoms with Crippen molar-refractivity contribution < 1.29 is 4.79 Å². The van der Waals surface area contributed by atoms with Gasteiger partial charge in [-0.1, -0.05) is 12.1 Å². The van der Waals surface area contributed by atoms with Crippen LogP contribution in [-0.2, 0) is 11.2 Å². The van der Waals surface area contributed by atoms with Gasteiger partial charge in [-0.05, 0) is 44.9 Å². The van der Waals surface area contributed by atoms with Gasteiger partial charge in [0.15, 0.2) is 0 Å². The zero-order chi connectivity index (χ0) is 16.4. The van der Waals surface area contributed by atoms with Gasteiger partial charge in [-0.2, -0.15) is 5.10 Å². The summed E-state index contributed by atoms with van der Waals surface area (Å²) in [6.45, 7) is 5.86. The molecule has 0 saturated heterocycles. The Morgan fingerprint density at radius 2 is 2.09 bits per heavy atom. The Morgan fingerprint density at radius 3 is 2.78 bits per heavy atom. The number of amides is 1. The third-order valence-electron chi connectivity index (χ3n) is 4.08. The number of nitrogens with one attached hydrogen (secondary N) is 3. The largest absolute Gasteiger partial charge is 0.346 e. The van der Waals surface area contributed by atoms with E-state index in [0.29, 0.717) is 12.8 Å². The van der Waals surface area contributed by atoms with Gasteiger partial charge >= 0.3 is 0 Å². The van der Waals surface area contributed by atoms with Gasteiger partial charge in [0.25, 0.3) is 0 Å². The van der Waals surface area contributed by atoms with Crippen LogP contribution in [-0.4, -0.2) is 26.1 Å². The van der Waals surface area contributed by atoms with Crippen molar-refractivity contribution in [1.29, 1.82) is 0 Å². The minimum atomic E-state index is -0.151. The van der Waals surface area contributed by atoms with Crippen LogP contribution in [0.2, 0.25) is 0 Å². The fraction of sp³-hybridized carbons (Fsp3) is 0.353. The molecule has 2 aromatic heterocycles. The Bertz CT molecular complexity index is 780. The molecule has 0 radical (unpaired) electrons. The summed E-state index contributed by atoms with van der Waals surface area (Å²) in [5.41, 5.74) is 5.00. The molecule has 0 fully saturated rings. The van der Waals surface area contributed by atoms with E-state index in [2.05, 4.69) is 25.5 Å². The molecule has 0 aliphatic rings. The van der Waals surface area contributed by atoms with Gasteiger partial charge in [-0.15, -0.1) is 0 Å². The number of fused-ring (bicyclic) bond motifs is 1. The monoisotopic (exact) mass is 311 g/mol. The number of carbonyl (C=O) groups is 1. The molecule has 6 heteroatoms. The van der Waals surface area contributed by atoms with Crippen LogP contribution in [0.25, 0.3) is 11.0 Å². The second kappa shape index (κ2) is 6.24. The quantitative estimate of drug-likeness (QED) is 0.677. The van der Waals surface area contributed by atoms with Crippen molar-refractivity contribution in [2.75, 3.05) is 0 Å². The lowest BCUT2D eigenvalue weighted by Gasteiger charge is -2.11. The topological polar surface area (TPSA) is 86.5 Å². The van der Waals surface area contributed by atoms with Crippen molar-refractivity contribution in [3.63, 3.8) is 0 Å². The highest BCUT2D eigenvalue weighted by Crippen LogP contribution is 2.16. The molecule has 0 aliphatic heterocycles. The van der Waals surface area contributed by atoms with E-state index >= 15 is 0 Å². The van der Waals surface area contributed by atoms with E-state index in [1.807, 2.05) is 45.0 Å². The number of rotatable bonds is 5. The standard InChI is InChI=1S/C17H21N5O/c1-10-13(11(2)22-21-10)8-9-16(23)18-12(3)17-19-14-6-4-5-7-15(14)20-17/h4-7,12H,8-9H2,1-3H3,(H,18,23)(H,19,20)(H,21,22)/t12-/m0/s1. The number of hydrogen-bond acceptors (Lipinski definition) is 3. The summed E-state index contributed by atoms with van der Waals surface area (Å²) >= 11 is 0. The lowest BCUT2D eigenvalue weighted by atomic mass is 10.1. The van der Waals surface area contributed by atoms with Crippen LogP contribution in [0.1, 0.15) is 42.2 Å². The molecule has 23 heavy (non-hydrogen) atoms. The first-order chi connectivity index (χ1) is 11.0. The first-order valence-corrected chi connectivity index (χ1v) is 7.79. The molecule has 3 aromatic rings. The lowest BCUT2D eigenvalue weighted by molar-refractivity contribution is -0.121. The normalized spacial score (nSPS) is 12.5. The number of hydrogen-bond donors (Lipinski definition) is 3. The van der Waals surface area contributed by atoms with Gasteiger partial charge in [-0.25, -0.2) is 4.98 Å². The molecule has 1 atom stereocenters. The van der Waals surface area contributed by atoms with E-state index in [9.17, 15) is 4.79 Å². The number of nitrogens with zero attached hydrogens (tertiary/aromatic N) is 2. The average Bonchev–Trinajstić information content (AvgIpc) is 3.09. The second-order valence-corrected chi connectivity index (χ2v) is 5.84. The molecule has 2 heterocycles. The zero-order valence-corrected chi connectivity index (χ0v) is 13.6. The Morgan fingerprint density at radius 1 is 1.30 bits per heavy atom. The molecular formula is C17H21N5O. The molecule has 3 N–H and O–H groups in total. The molecule has 0 aliphatic carbocycles. The number of para-hydroxylation sites is 2. The summed E-state index contributed by atoms with van der Waals surface area (Å²) in [5.74, 6) is 0.785. The third kappa shape index (κ3) is 3.26. The minimum Gasteiger partial charge on any atom is -0.346 e. The molecule has 0 unspecified atom stereocenters. The fourth-order valence-electron chi connectivity index (χ4n) is 2.74. The maximum Gasteiger partial charge on any atom is 0.220 e. The molecular weight excluding hydrogens is 290 g/mol. The molecule has 0 spiro atoms. The highest BCUT2D eigenvalue weighted by Gasteiger charge is 2.14. The van der Waals surface area contributed by atoms with Crippen molar-refractivity contribution in [2.45, 2.75) is 39.7 Å². The van der Waals surface area contributed by atoms with Gasteiger partial charge in [0.1, 0.15) is 5.82 Å². The second-order valence-electron chi connectivity index (χ2n) is 5.84.